The smallest absolute Gasteiger partial charge is 0.267 e. The minimum absolute atomic E-state index is 0.109. The monoisotopic (exact) mass is 430 g/mol. The number of aryl methyl sites for hydroxylation is 1. The average Bonchev–Trinajstić information content (AvgIpc) is 3.25. The summed E-state index contributed by atoms with van der Waals surface area (Å²) < 4.78 is 3.26. The van der Waals surface area contributed by atoms with E-state index in [9.17, 15) is 4.79 Å². The van der Waals surface area contributed by atoms with E-state index in [-0.39, 0.29) is 24.1 Å². The van der Waals surface area contributed by atoms with Crippen LogP contribution in [0.15, 0.2) is 35.4 Å². The van der Waals surface area contributed by atoms with Crippen molar-refractivity contribution in [2.24, 2.45) is 7.05 Å². The van der Waals surface area contributed by atoms with Crippen molar-refractivity contribution in [1.29, 1.82) is 10.5 Å². The van der Waals surface area contributed by atoms with Crippen LogP contribution in [0.4, 0.5) is 5.69 Å². The maximum atomic E-state index is 12.7. The first-order valence-electron chi connectivity index (χ1n) is 10.8. The minimum Gasteiger partial charge on any atom is -0.363 e. The number of aromatic nitrogens is 4. The highest BCUT2D eigenvalue weighted by molar-refractivity contribution is 5.69. The van der Waals surface area contributed by atoms with Gasteiger partial charge in [0.05, 0.1) is 30.1 Å². The molecule has 3 aromatic rings. The van der Waals surface area contributed by atoms with Crippen LogP contribution >= 0.6 is 0 Å². The molecule has 2 unspecified atom stereocenters. The molecule has 32 heavy (non-hydrogen) atoms. The lowest BCUT2D eigenvalue weighted by atomic mass is 10.0. The van der Waals surface area contributed by atoms with Gasteiger partial charge in [-0.2, -0.15) is 10.5 Å². The molecule has 4 rings (SSSR count). The molecule has 0 radical (unpaired) electrons. The summed E-state index contributed by atoms with van der Waals surface area (Å²) in [5, 5.41) is 18.1. The summed E-state index contributed by atoms with van der Waals surface area (Å²) in [5.41, 5.74) is 3.57. The molecule has 0 spiro atoms. The van der Waals surface area contributed by atoms with Crippen molar-refractivity contribution in [2.45, 2.75) is 38.8 Å². The predicted octanol–water partition coefficient (Wildman–Crippen LogP) is 2.03. The molecule has 9 nitrogen and oxygen atoms in total. The van der Waals surface area contributed by atoms with Crippen molar-refractivity contribution in [3.8, 4) is 12.1 Å². The van der Waals surface area contributed by atoms with E-state index < -0.39 is 0 Å². The zero-order chi connectivity index (χ0) is 22.8. The fraction of sp³-hybridized carbons (Fsp3) is 0.435. The predicted molar refractivity (Wildman–Crippen MR) is 120 cm³/mol. The molecular formula is C23H26N8O. The van der Waals surface area contributed by atoms with Gasteiger partial charge in [0.1, 0.15) is 11.8 Å². The van der Waals surface area contributed by atoms with E-state index in [2.05, 4.69) is 45.8 Å². The number of hydrogen-bond acceptors (Lipinski definition) is 7. The zero-order valence-corrected chi connectivity index (χ0v) is 18.6. The first kappa shape index (κ1) is 21.5. The first-order chi connectivity index (χ1) is 15.5. The minimum atomic E-state index is -0.109. The van der Waals surface area contributed by atoms with Crippen LogP contribution in [0.2, 0.25) is 0 Å². The van der Waals surface area contributed by atoms with Gasteiger partial charge in [0.25, 0.3) is 5.56 Å². The van der Waals surface area contributed by atoms with Crippen molar-refractivity contribution in [2.75, 3.05) is 24.5 Å². The number of pyridine rings is 1. The normalized spacial score (nSPS) is 17.8. The fourth-order valence-corrected chi connectivity index (χ4v) is 4.41. The molecule has 164 valence electrons. The molecule has 0 amide bonds. The third kappa shape index (κ3) is 3.83. The Morgan fingerprint density at radius 3 is 2.75 bits per heavy atom. The Balaban J connectivity index is 1.63. The Morgan fingerprint density at radius 1 is 1.28 bits per heavy atom. The van der Waals surface area contributed by atoms with Crippen LogP contribution < -0.4 is 10.5 Å². The standard InChI is InChI=1S/C23H26N8O/c1-4-20-15-29(16(2)17-5-6-18(12-25)26-13-17)9-10-30(20)21-11-22(32)28(3)31-14-19(7-8-24)27-23(21)31/h5-6,11,13-14,16,20H,4,7,9-10,15H2,1-3H3. The number of nitrogens with zero attached hydrogens (tertiary/aromatic N) is 8. The van der Waals surface area contributed by atoms with E-state index >= 15 is 0 Å². The van der Waals surface area contributed by atoms with Crippen molar-refractivity contribution >= 4 is 11.3 Å². The number of anilines is 1. The quantitative estimate of drug-likeness (QED) is 0.610. The van der Waals surface area contributed by atoms with Gasteiger partial charge in [-0.3, -0.25) is 9.69 Å². The lowest BCUT2D eigenvalue weighted by molar-refractivity contribution is 0.169. The second kappa shape index (κ2) is 8.81. The number of nitriles is 2. The van der Waals surface area contributed by atoms with Gasteiger partial charge in [-0.25, -0.2) is 19.2 Å². The molecule has 0 saturated carbocycles. The van der Waals surface area contributed by atoms with Crippen LogP contribution in [0.1, 0.15) is 43.3 Å². The van der Waals surface area contributed by atoms with Crippen LogP contribution in [0.5, 0.6) is 0 Å². The molecule has 1 saturated heterocycles. The molecule has 3 aromatic heterocycles. The van der Waals surface area contributed by atoms with E-state index in [1.165, 1.54) is 4.68 Å². The number of rotatable bonds is 5. The first-order valence-corrected chi connectivity index (χ1v) is 10.8. The summed E-state index contributed by atoms with van der Waals surface area (Å²) in [4.78, 5) is 26.2. The molecule has 0 N–H and O–H groups in total. The van der Waals surface area contributed by atoms with Gasteiger partial charge >= 0.3 is 0 Å². The third-order valence-corrected chi connectivity index (χ3v) is 6.36. The van der Waals surface area contributed by atoms with Crippen LogP contribution in [0.25, 0.3) is 5.65 Å². The molecule has 9 heteroatoms. The Hall–Kier alpha value is -3.69. The van der Waals surface area contributed by atoms with Crippen LogP contribution in [0, 0.1) is 22.7 Å². The Kier molecular flexibility index (Phi) is 5.93. The van der Waals surface area contributed by atoms with Crippen molar-refractivity contribution in [1.82, 2.24) is 24.1 Å². The van der Waals surface area contributed by atoms with Crippen molar-refractivity contribution in [3.05, 3.63) is 57.9 Å². The van der Waals surface area contributed by atoms with Gasteiger partial charge in [0.15, 0.2) is 5.65 Å². The van der Waals surface area contributed by atoms with Gasteiger partial charge in [0.2, 0.25) is 0 Å². The summed E-state index contributed by atoms with van der Waals surface area (Å²) in [7, 11) is 1.71. The van der Waals surface area contributed by atoms with Gasteiger partial charge in [0, 0.05) is 51.0 Å². The molecule has 1 aliphatic heterocycles. The molecular weight excluding hydrogens is 404 g/mol. The summed E-state index contributed by atoms with van der Waals surface area (Å²) in [5.74, 6) is 0. The Labute approximate surface area is 186 Å². The second-order valence-electron chi connectivity index (χ2n) is 8.14. The van der Waals surface area contributed by atoms with Gasteiger partial charge < -0.3 is 4.90 Å². The third-order valence-electron chi connectivity index (χ3n) is 6.36. The fourth-order valence-electron chi connectivity index (χ4n) is 4.41. The summed E-state index contributed by atoms with van der Waals surface area (Å²) in [6.07, 6.45) is 4.67. The van der Waals surface area contributed by atoms with E-state index in [1.807, 2.05) is 6.07 Å². The van der Waals surface area contributed by atoms with Gasteiger partial charge in [-0.05, 0) is 25.0 Å². The molecule has 0 aromatic carbocycles. The molecule has 1 fully saturated rings. The van der Waals surface area contributed by atoms with E-state index in [0.29, 0.717) is 17.0 Å². The molecule has 0 bridgehead atoms. The number of imidazole rings is 1. The summed E-state index contributed by atoms with van der Waals surface area (Å²) >= 11 is 0. The highest BCUT2D eigenvalue weighted by atomic mass is 16.1. The molecule has 2 atom stereocenters. The van der Waals surface area contributed by atoms with Crippen LogP contribution in [-0.2, 0) is 13.5 Å². The van der Waals surface area contributed by atoms with Crippen molar-refractivity contribution in [3.63, 3.8) is 0 Å². The van der Waals surface area contributed by atoms with E-state index in [0.717, 1.165) is 37.3 Å². The largest absolute Gasteiger partial charge is 0.363 e. The van der Waals surface area contributed by atoms with E-state index in [1.54, 1.807) is 36.1 Å². The van der Waals surface area contributed by atoms with E-state index in [4.69, 9.17) is 10.5 Å². The second-order valence-corrected chi connectivity index (χ2v) is 8.14. The average molecular weight is 431 g/mol. The topological polar surface area (TPSA) is 106 Å². The number of hydrogen-bond donors (Lipinski definition) is 0. The lowest BCUT2D eigenvalue weighted by Crippen LogP contribution is -2.54. The number of fused-ring (bicyclic) bond motifs is 1. The molecule has 1 aliphatic rings. The van der Waals surface area contributed by atoms with Crippen LogP contribution in [-0.4, -0.2) is 49.7 Å². The van der Waals surface area contributed by atoms with Crippen LogP contribution in [0.3, 0.4) is 0 Å². The summed E-state index contributed by atoms with van der Waals surface area (Å²) in [6.45, 7) is 6.73. The molecule has 0 aliphatic carbocycles. The van der Waals surface area contributed by atoms with Gasteiger partial charge in [-0.1, -0.05) is 13.0 Å². The summed E-state index contributed by atoms with van der Waals surface area (Å²) in [6, 6.07) is 9.96. The van der Waals surface area contributed by atoms with Gasteiger partial charge in [-0.15, -0.1) is 0 Å². The Morgan fingerprint density at radius 2 is 2.09 bits per heavy atom. The lowest BCUT2D eigenvalue weighted by Gasteiger charge is -2.44. The van der Waals surface area contributed by atoms with Crippen molar-refractivity contribution < 1.29 is 0 Å². The maximum Gasteiger partial charge on any atom is 0.267 e. The highest BCUT2D eigenvalue weighted by Crippen LogP contribution is 2.29. The maximum absolute atomic E-state index is 12.7. The Bertz CT molecular complexity index is 1260. The number of piperazine rings is 1. The highest BCUT2D eigenvalue weighted by Gasteiger charge is 2.31. The molecule has 4 heterocycles. The SMILES string of the molecule is CCC1CN(C(C)c2ccc(C#N)nc2)CCN1c1cc(=O)n(C)n2cc(CC#N)nc12. The zero-order valence-electron chi connectivity index (χ0n) is 18.6.